The van der Waals surface area contributed by atoms with E-state index >= 15 is 0 Å². The number of nitrogens with zero attached hydrogens (tertiary/aromatic N) is 1. The van der Waals surface area contributed by atoms with Crippen LogP contribution in [0.4, 0.5) is 11.5 Å². The monoisotopic (exact) mass is 443 g/mol. The zero-order chi connectivity index (χ0) is 19.4. The minimum Gasteiger partial charge on any atom is -0.321 e. The van der Waals surface area contributed by atoms with Crippen LogP contribution in [-0.2, 0) is 6.42 Å². The van der Waals surface area contributed by atoms with Gasteiger partial charge in [0.25, 0.3) is 11.8 Å². The summed E-state index contributed by atoms with van der Waals surface area (Å²) in [6.45, 7) is 4.08. The zero-order valence-corrected chi connectivity index (χ0v) is 17.3. The van der Waals surface area contributed by atoms with E-state index in [0.29, 0.717) is 21.9 Å². The predicted molar refractivity (Wildman–Crippen MR) is 113 cm³/mol. The number of carbonyl (C=O) groups is 2. The van der Waals surface area contributed by atoms with Gasteiger partial charge in [-0.15, -0.1) is 11.3 Å². The van der Waals surface area contributed by atoms with E-state index in [4.69, 9.17) is 0 Å². The van der Waals surface area contributed by atoms with Crippen LogP contribution in [-0.4, -0.2) is 16.8 Å². The highest BCUT2D eigenvalue weighted by molar-refractivity contribution is 9.10. The highest BCUT2D eigenvalue weighted by atomic mass is 79.9. The summed E-state index contributed by atoms with van der Waals surface area (Å²) in [4.78, 5) is 30.8. The molecule has 0 aliphatic rings. The summed E-state index contributed by atoms with van der Waals surface area (Å²) in [5, 5.41) is 5.59. The molecule has 3 aromatic rings. The average Bonchev–Trinajstić information content (AvgIpc) is 3.05. The summed E-state index contributed by atoms with van der Waals surface area (Å²) >= 11 is 4.78. The lowest BCUT2D eigenvalue weighted by Gasteiger charge is -2.07. The van der Waals surface area contributed by atoms with Crippen molar-refractivity contribution in [1.29, 1.82) is 0 Å². The van der Waals surface area contributed by atoms with Crippen molar-refractivity contribution in [2.24, 2.45) is 0 Å². The maximum Gasteiger partial charge on any atom is 0.265 e. The van der Waals surface area contributed by atoms with Crippen LogP contribution in [0.3, 0.4) is 0 Å². The number of amides is 2. The van der Waals surface area contributed by atoms with E-state index in [1.807, 2.05) is 13.0 Å². The number of halogens is 1. The van der Waals surface area contributed by atoms with Gasteiger partial charge in [0.2, 0.25) is 0 Å². The zero-order valence-electron chi connectivity index (χ0n) is 14.9. The van der Waals surface area contributed by atoms with Gasteiger partial charge in [-0.05, 0) is 71.2 Å². The molecule has 0 atom stereocenters. The third-order valence-corrected chi connectivity index (χ3v) is 5.54. The molecule has 0 aliphatic heterocycles. The number of benzene rings is 1. The topological polar surface area (TPSA) is 71.1 Å². The van der Waals surface area contributed by atoms with Crippen LogP contribution in [0.2, 0.25) is 0 Å². The third kappa shape index (κ3) is 4.81. The molecule has 2 amide bonds. The van der Waals surface area contributed by atoms with E-state index in [1.165, 1.54) is 16.9 Å². The highest BCUT2D eigenvalue weighted by Crippen LogP contribution is 2.23. The first-order chi connectivity index (χ1) is 13.0. The number of hydrogen-bond donors (Lipinski definition) is 2. The van der Waals surface area contributed by atoms with Crippen molar-refractivity contribution < 1.29 is 9.59 Å². The van der Waals surface area contributed by atoms with E-state index in [1.54, 1.807) is 42.6 Å². The number of aryl methyl sites for hydroxylation is 2. The minimum absolute atomic E-state index is 0.171. The lowest BCUT2D eigenvalue weighted by molar-refractivity contribution is 0.101. The minimum atomic E-state index is -0.291. The van der Waals surface area contributed by atoms with Gasteiger partial charge in [0, 0.05) is 26.8 Å². The number of anilines is 2. The first-order valence-electron chi connectivity index (χ1n) is 8.40. The fourth-order valence-corrected chi connectivity index (χ4v) is 3.80. The van der Waals surface area contributed by atoms with Crippen LogP contribution in [0.1, 0.15) is 37.4 Å². The molecule has 5 nitrogen and oxygen atoms in total. The number of thiophene rings is 1. The Hall–Kier alpha value is -2.51. The molecule has 1 aromatic carbocycles. The highest BCUT2D eigenvalue weighted by Gasteiger charge is 2.13. The number of carbonyl (C=O) groups excluding carboxylic acids is 2. The number of nitrogens with one attached hydrogen (secondary N) is 2. The Kier molecular flexibility index (Phi) is 6.03. The second-order valence-corrected chi connectivity index (χ2v) is 8.07. The van der Waals surface area contributed by atoms with Crippen molar-refractivity contribution in [2.45, 2.75) is 20.3 Å². The van der Waals surface area contributed by atoms with Gasteiger partial charge >= 0.3 is 0 Å². The van der Waals surface area contributed by atoms with Crippen molar-refractivity contribution in [3.8, 4) is 0 Å². The molecule has 2 N–H and O–H groups in total. The Morgan fingerprint density at radius 3 is 2.59 bits per heavy atom. The van der Waals surface area contributed by atoms with E-state index in [9.17, 15) is 9.59 Å². The molecular formula is C20H18BrN3O2S. The Labute approximate surface area is 170 Å². The fraction of sp³-hybridized carbons (Fsp3) is 0.150. The van der Waals surface area contributed by atoms with Crippen LogP contribution >= 0.6 is 27.3 Å². The summed E-state index contributed by atoms with van der Waals surface area (Å²) in [6.07, 6.45) is 2.51. The molecule has 2 aromatic heterocycles. The molecule has 2 heterocycles. The molecule has 0 bridgehead atoms. The number of rotatable bonds is 5. The van der Waals surface area contributed by atoms with Crippen LogP contribution in [0.5, 0.6) is 0 Å². The quantitative estimate of drug-likeness (QED) is 0.563. The SMILES string of the molecule is CCc1cc(C(=O)Nc2cccc(C(=O)Nc3ccc(Br)cn3)c2)sc1C. The van der Waals surface area contributed by atoms with Gasteiger partial charge in [-0.3, -0.25) is 9.59 Å². The van der Waals surface area contributed by atoms with Crippen molar-refractivity contribution in [3.63, 3.8) is 0 Å². The lowest BCUT2D eigenvalue weighted by atomic mass is 10.1. The van der Waals surface area contributed by atoms with E-state index in [-0.39, 0.29) is 11.8 Å². The number of hydrogen-bond acceptors (Lipinski definition) is 4. The summed E-state index contributed by atoms with van der Waals surface area (Å²) in [6, 6.07) is 12.3. The first-order valence-corrected chi connectivity index (χ1v) is 10.0. The predicted octanol–water partition coefficient (Wildman–Crippen LogP) is 5.28. The summed E-state index contributed by atoms with van der Waals surface area (Å²) in [5.74, 6) is -0.00473. The molecule has 0 aliphatic carbocycles. The third-order valence-electron chi connectivity index (χ3n) is 3.98. The molecule has 0 unspecified atom stereocenters. The van der Waals surface area contributed by atoms with E-state index in [0.717, 1.165) is 15.8 Å². The molecule has 0 saturated heterocycles. The Morgan fingerprint density at radius 1 is 1.11 bits per heavy atom. The van der Waals surface area contributed by atoms with E-state index < -0.39 is 0 Å². The molecule has 7 heteroatoms. The lowest BCUT2D eigenvalue weighted by Crippen LogP contribution is -2.14. The van der Waals surface area contributed by atoms with Gasteiger partial charge in [-0.2, -0.15) is 0 Å². The molecule has 0 fully saturated rings. The summed E-state index contributed by atoms with van der Waals surface area (Å²) < 4.78 is 0.834. The molecular weight excluding hydrogens is 426 g/mol. The molecule has 27 heavy (non-hydrogen) atoms. The van der Waals surface area contributed by atoms with Crippen LogP contribution in [0.25, 0.3) is 0 Å². The van der Waals surface area contributed by atoms with Gasteiger partial charge in [0.1, 0.15) is 5.82 Å². The van der Waals surface area contributed by atoms with Gasteiger partial charge in [0.05, 0.1) is 4.88 Å². The Morgan fingerprint density at radius 2 is 1.93 bits per heavy atom. The Balaban J connectivity index is 1.71. The molecule has 138 valence electrons. The Bertz CT molecular complexity index is 983. The van der Waals surface area contributed by atoms with Crippen molar-refractivity contribution in [2.75, 3.05) is 10.6 Å². The van der Waals surface area contributed by atoms with Gasteiger partial charge in [0.15, 0.2) is 0 Å². The molecule has 0 radical (unpaired) electrons. The average molecular weight is 444 g/mol. The maximum atomic E-state index is 12.5. The van der Waals surface area contributed by atoms with Crippen LogP contribution in [0, 0.1) is 6.92 Å². The second-order valence-electron chi connectivity index (χ2n) is 5.90. The molecule has 3 rings (SSSR count). The fourth-order valence-electron chi connectivity index (χ4n) is 2.55. The smallest absolute Gasteiger partial charge is 0.265 e. The molecule has 0 spiro atoms. The van der Waals surface area contributed by atoms with Crippen molar-refractivity contribution >= 4 is 50.6 Å². The van der Waals surface area contributed by atoms with Crippen molar-refractivity contribution in [1.82, 2.24) is 4.98 Å². The normalized spacial score (nSPS) is 10.5. The number of pyridine rings is 1. The van der Waals surface area contributed by atoms with Gasteiger partial charge in [-0.1, -0.05) is 13.0 Å². The van der Waals surface area contributed by atoms with Crippen LogP contribution < -0.4 is 10.6 Å². The largest absolute Gasteiger partial charge is 0.321 e. The first kappa shape index (κ1) is 19.3. The maximum absolute atomic E-state index is 12.5. The van der Waals surface area contributed by atoms with Gasteiger partial charge in [-0.25, -0.2) is 4.98 Å². The van der Waals surface area contributed by atoms with Crippen LogP contribution in [0.15, 0.2) is 53.1 Å². The molecule has 0 saturated carbocycles. The van der Waals surface area contributed by atoms with E-state index in [2.05, 4.69) is 38.5 Å². The van der Waals surface area contributed by atoms with Crippen molar-refractivity contribution in [3.05, 3.63) is 74.0 Å². The van der Waals surface area contributed by atoms with Gasteiger partial charge < -0.3 is 10.6 Å². The number of aromatic nitrogens is 1. The summed E-state index contributed by atoms with van der Waals surface area (Å²) in [5.41, 5.74) is 2.19. The second kappa shape index (κ2) is 8.45. The standard InChI is InChI=1S/C20H18BrN3O2S/c1-3-13-10-17(27-12(13)2)20(26)23-16-6-4-5-14(9-16)19(25)24-18-8-7-15(21)11-22-18/h4-11H,3H2,1-2H3,(H,23,26)(H,22,24,25). The summed E-state index contributed by atoms with van der Waals surface area (Å²) in [7, 11) is 0.